The number of aromatic amines is 1. The molecule has 1 aromatic carbocycles. The number of aromatic nitrogens is 2. The van der Waals surface area contributed by atoms with Crippen molar-refractivity contribution in [3.8, 4) is 11.3 Å². The Morgan fingerprint density at radius 3 is 2.41 bits per heavy atom. The minimum absolute atomic E-state index is 0.305. The highest BCUT2D eigenvalue weighted by molar-refractivity contribution is 5.96. The molecule has 2 aromatic rings. The van der Waals surface area contributed by atoms with Crippen molar-refractivity contribution in [1.29, 1.82) is 0 Å². The van der Waals surface area contributed by atoms with E-state index in [4.69, 9.17) is 16.6 Å². The summed E-state index contributed by atoms with van der Waals surface area (Å²) in [7, 11) is 1.00. The van der Waals surface area contributed by atoms with Crippen molar-refractivity contribution in [3.05, 3.63) is 36.3 Å². The lowest BCUT2D eigenvalue weighted by molar-refractivity contribution is 0.0996. The third-order valence-corrected chi connectivity index (χ3v) is 2.07. The summed E-state index contributed by atoms with van der Waals surface area (Å²) in [5.41, 5.74) is 13.1. The van der Waals surface area contributed by atoms with Crippen molar-refractivity contribution in [3.63, 3.8) is 0 Å². The summed E-state index contributed by atoms with van der Waals surface area (Å²) in [6, 6.07) is 7.07. The molecule has 0 saturated heterocycles. The molecule has 0 bridgehead atoms. The highest BCUT2D eigenvalue weighted by Gasteiger charge is 2.12. The summed E-state index contributed by atoms with van der Waals surface area (Å²) in [5.74, 6) is -0.528. The van der Waals surface area contributed by atoms with Gasteiger partial charge in [0.05, 0.1) is 6.33 Å². The molecule has 0 aliphatic rings. The normalized spacial score (nSPS) is 9.29. The van der Waals surface area contributed by atoms with E-state index in [1.165, 1.54) is 6.33 Å². The largest absolute Gasteiger partial charge is 0.400 e. The number of nitrogen functional groups attached to an aromatic ring is 1. The Bertz CT molecular complexity index is 490. The first-order valence-electron chi connectivity index (χ1n) is 4.82. The van der Waals surface area contributed by atoms with E-state index in [0.717, 1.165) is 12.7 Å². The lowest BCUT2D eigenvalue weighted by Crippen LogP contribution is -2.12. The number of nitrogens with zero attached hydrogens (tertiary/aromatic N) is 1. The quantitative estimate of drug-likeness (QED) is 0.561. The molecule has 6 heteroatoms. The third kappa shape index (κ3) is 2.82. The van der Waals surface area contributed by atoms with Crippen molar-refractivity contribution in [2.45, 2.75) is 0 Å². The second-order valence-electron chi connectivity index (χ2n) is 3.11. The maximum atomic E-state index is 11.0. The Morgan fingerprint density at radius 2 is 1.88 bits per heavy atom. The number of aliphatic hydroxyl groups is 1. The average molecular weight is 234 g/mol. The van der Waals surface area contributed by atoms with Gasteiger partial charge in [-0.15, -0.1) is 0 Å². The first-order chi connectivity index (χ1) is 8.18. The van der Waals surface area contributed by atoms with Gasteiger partial charge in [0.2, 0.25) is 0 Å². The number of hydrogen-bond donors (Lipinski definition) is 4. The maximum Gasteiger partial charge on any atom is 0.267 e. The van der Waals surface area contributed by atoms with Crippen LogP contribution in [0, 0.1) is 0 Å². The van der Waals surface area contributed by atoms with Crippen LogP contribution >= 0.6 is 0 Å². The zero-order valence-electron chi connectivity index (χ0n) is 9.34. The smallest absolute Gasteiger partial charge is 0.267 e. The van der Waals surface area contributed by atoms with Gasteiger partial charge in [-0.2, -0.15) is 0 Å². The SMILES string of the molecule is CO.NC(=O)c1[nH]cnc1-c1ccc(N)cc1. The zero-order chi connectivity index (χ0) is 12.8. The van der Waals surface area contributed by atoms with Gasteiger partial charge in [-0.05, 0) is 12.1 Å². The number of benzene rings is 1. The van der Waals surface area contributed by atoms with Gasteiger partial charge in [0.1, 0.15) is 11.4 Å². The van der Waals surface area contributed by atoms with E-state index in [1.807, 2.05) is 0 Å². The fraction of sp³-hybridized carbons (Fsp3) is 0.0909. The number of imidazole rings is 1. The molecule has 1 amide bonds. The van der Waals surface area contributed by atoms with Crippen LogP contribution < -0.4 is 11.5 Å². The van der Waals surface area contributed by atoms with E-state index in [1.54, 1.807) is 24.3 Å². The maximum absolute atomic E-state index is 11.0. The summed E-state index contributed by atoms with van der Waals surface area (Å²) >= 11 is 0. The van der Waals surface area contributed by atoms with E-state index in [-0.39, 0.29) is 0 Å². The molecule has 0 fully saturated rings. The van der Waals surface area contributed by atoms with E-state index >= 15 is 0 Å². The topological polar surface area (TPSA) is 118 Å². The number of amides is 1. The number of rotatable bonds is 2. The summed E-state index contributed by atoms with van der Waals surface area (Å²) in [6.45, 7) is 0. The van der Waals surface area contributed by atoms with Crippen molar-refractivity contribution in [1.82, 2.24) is 9.97 Å². The molecule has 0 saturated carbocycles. The average Bonchev–Trinajstić information content (AvgIpc) is 2.82. The summed E-state index contributed by atoms with van der Waals surface area (Å²) < 4.78 is 0. The third-order valence-electron chi connectivity index (χ3n) is 2.07. The van der Waals surface area contributed by atoms with Crippen molar-refractivity contribution in [2.75, 3.05) is 12.8 Å². The van der Waals surface area contributed by atoms with E-state index in [9.17, 15) is 4.79 Å². The highest BCUT2D eigenvalue weighted by Crippen LogP contribution is 2.20. The number of hydrogen-bond acceptors (Lipinski definition) is 4. The zero-order valence-corrected chi connectivity index (χ0v) is 9.34. The first-order valence-corrected chi connectivity index (χ1v) is 4.82. The molecule has 0 radical (unpaired) electrons. The van der Waals surface area contributed by atoms with Crippen LogP contribution in [0.5, 0.6) is 0 Å². The summed E-state index contributed by atoms with van der Waals surface area (Å²) in [4.78, 5) is 17.8. The fourth-order valence-electron chi connectivity index (χ4n) is 1.34. The molecule has 0 spiro atoms. The Kier molecular flexibility index (Phi) is 4.24. The molecule has 1 heterocycles. The lowest BCUT2D eigenvalue weighted by atomic mass is 10.1. The molecular formula is C11H14N4O2. The van der Waals surface area contributed by atoms with Crippen LogP contribution in [0.25, 0.3) is 11.3 Å². The van der Waals surface area contributed by atoms with Gasteiger partial charge in [-0.3, -0.25) is 4.79 Å². The number of carbonyl (C=O) groups excluding carboxylic acids is 1. The Morgan fingerprint density at radius 1 is 1.29 bits per heavy atom. The molecule has 0 atom stereocenters. The highest BCUT2D eigenvalue weighted by atomic mass is 16.2. The Balaban J connectivity index is 0.000000686. The van der Waals surface area contributed by atoms with Crippen LogP contribution in [0.3, 0.4) is 0 Å². The molecule has 1 aromatic heterocycles. The van der Waals surface area contributed by atoms with Crippen LogP contribution in [-0.4, -0.2) is 28.1 Å². The molecule has 6 N–H and O–H groups in total. The predicted molar refractivity (Wildman–Crippen MR) is 65.1 cm³/mol. The first kappa shape index (κ1) is 12.7. The van der Waals surface area contributed by atoms with Crippen molar-refractivity contribution < 1.29 is 9.90 Å². The number of primary amides is 1. The number of aliphatic hydroxyl groups excluding tert-OH is 1. The van der Waals surface area contributed by atoms with Gasteiger partial charge in [0.15, 0.2) is 0 Å². The minimum atomic E-state index is -0.528. The summed E-state index contributed by atoms with van der Waals surface area (Å²) in [5, 5.41) is 7.00. The number of nitrogens with one attached hydrogen (secondary N) is 1. The van der Waals surface area contributed by atoms with Crippen LogP contribution in [0.2, 0.25) is 0 Å². The number of H-pyrrole nitrogens is 1. The van der Waals surface area contributed by atoms with Crippen LogP contribution in [-0.2, 0) is 0 Å². The second-order valence-corrected chi connectivity index (χ2v) is 3.11. The molecule has 2 rings (SSSR count). The van der Waals surface area contributed by atoms with E-state index in [0.29, 0.717) is 17.1 Å². The molecule has 0 aliphatic heterocycles. The van der Waals surface area contributed by atoms with Gasteiger partial charge < -0.3 is 21.6 Å². The van der Waals surface area contributed by atoms with E-state index < -0.39 is 5.91 Å². The minimum Gasteiger partial charge on any atom is -0.400 e. The van der Waals surface area contributed by atoms with Crippen LogP contribution in [0.4, 0.5) is 5.69 Å². The number of anilines is 1. The van der Waals surface area contributed by atoms with Crippen LogP contribution in [0.15, 0.2) is 30.6 Å². The van der Waals surface area contributed by atoms with Crippen molar-refractivity contribution >= 4 is 11.6 Å². The van der Waals surface area contributed by atoms with Crippen molar-refractivity contribution in [2.24, 2.45) is 5.73 Å². The molecule has 0 aliphatic carbocycles. The van der Waals surface area contributed by atoms with Crippen LogP contribution in [0.1, 0.15) is 10.5 Å². The Hall–Kier alpha value is -2.34. The molecule has 90 valence electrons. The monoisotopic (exact) mass is 234 g/mol. The molecule has 6 nitrogen and oxygen atoms in total. The predicted octanol–water partition coefficient (Wildman–Crippen LogP) is 0.366. The molecular weight excluding hydrogens is 220 g/mol. The van der Waals surface area contributed by atoms with Gasteiger partial charge in [-0.1, -0.05) is 12.1 Å². The number of carbonyl (C=O) groups is 1. The van der Waals surface area contributed by atoms with Gasteiger partial charge >= 0.3 is 0 Å². The van der Waals surface area contributed by atoms with Gasteiger partial charge in [0.25, 0.3) is 5.91 Å². The fourth-order valence-corrected chi connectivity index (χ4v) is 1.34. The lowest BCUT2D eigenvalue weighted by Gasteiger charge is -1.99. The molecule has 0 unspecified atom stereocenters. The second kappa shape index (κ2) is 5.66. The van der Waals surface area contributed by atoms with Gasteiger partial charge in [-0.25, -0.2) is 4.98 Å². The standard InChI is InChI=1S/C10H10N4O.CH4O/c11-7-3-1-6(2-4-7)8-9(10(12)15)14-5-13-8;1-2/h1-5H,11H2,(H2,12,15)(H,13,14);2H,1H3. The Labute approximate surface area is 98.3 Å². The number of nitrogens with two attached hydrogens (primary N) is 2. The summed E-state index contributed by atoms with van der Waals surface area (Å²) in [6.07, 6.45) is 1.44. The van der Waals surface area contributed by atoms with Gasteiger partial charge in [0, 0.05) is 18.4 Å². The van der Waals surface area contributed by atoms with E-state index in [2.05, 4.69) is 9.97 Å². The molecule has 17 heavy (non-hydrogen) atoms.